The van der Waals surface area contributed by atoms with Crippen LogP contribution in [-0.4, -0.2) is 22.7 Å². The van der Waals surface area contributed by atoms with E-state index in [1.54, 1.807) is 30.3 Å². The van der Waals surface area contributed by atoms with Crippen LogP contribution < -0.4 is 9.47 Å². The third-order valence-corrected chi connectivity index (χ3v) is 6.60. The van der Waals surface area contributed by atoms with Crippen LogP contribution >= 0.6 is 23.4 Å². The molecule has 5 nitrogen and oxygen atoms in total. The first-order valence-corrected chi connectivity index (χ1v) is 12.2. The lowest BCUT2D eigenvalue weighted by Gasteiger charge is -2.14. The zero-order valence-electron chi connectivity index (χ0n) is 19.2. The highest BCUT2D eigenvalue weighted by Gasteiger charge is 2.35. The number of rotatable bonds is 8. The van der Waals surface area contributed by atoms with E-state index in [0.717, 1.165) is 22.9 Å². The lowest BCUT2D eigenvalue weighted by Crippen LogP contribution is -2.27. The number of imide groups is 1. The fraction of sp³-hybridized carbons (Fsp3) is 0.185. The van der Waals surface area contributed by atoms with Gasteiger partial charge in [0.15, 0.2) is 11.5 Å². The van der Waals surface area contributed by atoms with Crippen molar-refractivity contribution in [3.05, 3.63) is 98.7 Å². The maximum Gasteiger partial charge on any atom is 0.293 e. The number of hydrogen-bond acceptors (Lipinski definition) is 5. The van der Waals surface area contributed by atoms with E-state index in [1.807, 2.05) is 38.1 Å². The normalized spacial score (nSPS) is 14.6. The highest BCUT2D eigenvalue weighted by Crippen LogP contribution is 2.36. The van der Waals surface area contributed by atoms with Crippen LogP contribution in [0.2, 0.25) is 5.02 Å². The van der Waals surface area contributed by atoms with E-state index in [-0.39, 0.29) is 34.9 Å². The molecule has 3 aromatic rings. The van der Waals surface area contributed by atoms with E-state index in [4.69, 9.17) is 21.1 Å². The molecule has 1 saturated heterocycles. The predicted octanol–water partition coefficient (Wildman–Crippen LogP) is 7.00. The number of carbonyl (C=O) groups is 2. The zero-order chi connectivity index (χ0) is 24.9. The molecule has 3 aromatic carbocycles. The lowest BCUT2D eigenvalue weighted by molar-refractivity contribution is -0.123. The van der Waals surface area contributed by atoms with Gasteiger partial charge in [0.2, 0.25) is 0 Å². The molecule has 35 heavy (non-hydrogen) atoms. The Balaban J connectivity index is 1.52. The van der Waals surface area contributed by atoms with Crippen molar-refractivity contribution in [1.29, 1.82) is 0 Å². The Bertz CT molecular complexity index is 1270. The average molecular weight is 512 g/mol. The molecule has 2 amide bonds. The molecule has 0 atom stereocenters. The molecule has 4 rings (SSSR count). The Morgan fingerprint density at radius 2 is 1.80 bits per heavy atom. The van der Waals surface area contributed by atoms with Gasteiger partial charge in [-0.05, 0) is 67.1 Å². The maximum absolute atomic E-state index is 14.1. The van der Waals surface area contributed by atoms with E-state index in [0.29, 0.717) is 28.6 Å². The number of benzene rings is 3. The minimum absolute atomic E-state index is 0.0666. The zero-order valence-corrected chi connectivity index (χ0v) is 20.8. The van der Waals surface area contributed by atoms with E-state index < -0.39 is 5.82 Å². The molecule has 8 heteroatoms. The Labute approximate surface area is 212 Å². The third kappa shape index (κ3) is 5.86. The maximum atomic E-state index is 14.1. The van der Waals surface area contributed by atoms with Crippen LogP contribution in [0.4, 0.5) is 9.18 Å². The molecule has 0 aliphatic carbocycles. The van der Waals surface area contributed by atoms with E-state index in [9.17, 15) is 14.0 Å². The van der Waals surface area contributed by atoms with Crippen LogP contribution in [0, 0.1) is 12.7 Å². The molecule has 0 unspecified atom stereocenters. The van der Waals surface area contributed by atoms with Crippen molar-refractivity contribution < 1.29 is 23.5 Å². The Kier molecular flexibility index (Phi) is 7.78. The largest absolute Gasteiger partial charge is 0.490 e. The third-order valence-electron chi connectivity index (χ3n) is 5.33. The number of hydrogen-bond donors (Lipinski definition) is 0. The van der Waals surface area contributed by atoms with Crippen molar-refractivity contribution in [3.63, 3.8) is 0 Å². The van der Waals surface area contributed by atoms with Gasteiger partial charge in [-0.15, -0.1) is 0 Å². The van der Waals surface area contributed by atoms with Gasteiger partial charge in [-0.1, -0.05) is 53.6 Å². The van der Waals surface area contributed by atoms with Crippen molar-refractivity contribution >= 4 is 40.6 Å². The molecule has 0 spiro atoms. The second kappa shape index (κ2) is 11.0. The van der Waals surface area contributed by atoms with Gasteiger partial charge in [0.05, 0.1) is 23.1 Å². The molecule has 0 aromatic heterocycles. The summed E-state index contributed by atoms with van der Waals surface area (Å²) in [4.78, 5) is 27.0. The van der Waals surface area contributed by atoms with Crippen LogP contribution in [0.15, 0.2) is 65.6 Å². The Morgan fingerprint density at radius 3 is 2.51 bits per heavy atom. The monoisotopic (exact) mass is 511 g/mol. The summed E-state index contributed by atoms with van der Waals surface area (Å²) in [7, 11) is 0. The van der Waals surface area contributed by atoms with Crippen LogP contribution in [-0.2, 0) is 17.9 Å². The molecule has 1 aliphatic rings. The quantitative estimate of drug-likeness (QED) is 0.305. The number of aryl methyl sites for hydroxylation is 1. The van der Waals surface area contributed by atoms with Gasteiger partial charge >= 0.3 is 0 Å². The summed E-state index contributed by atoms with van der Waals surface area (Å²) in [6.45, 7) is 4.35. The fourth-order valence-electron chi connectivity index (χ4n) is 3.49. The highest BCUT2D eigenvalue weighted by atomic mass is 35.5. The van der Waals surface area contributed by atoms with Crippen LogP contribution in [0.5, 0.6) is 11.5 Å². The van der Waals surface area contributed by atoms with Gasteiger partial charge in [0, 0.05) is 5.56 Å². The first kappa shape index (κ1) is 24.8. The van der Waals surface area contributed by atoms with Gasteiger partial charge in [-0.3, -0.25) is 14.5 Å². The summed E-state index contributed by atoms with van der Waals surface area (Å²) in [6.07, 6.45) is 1.65. The standard InChI is InChI=1S/C27H23ClFNO4S/c1-3-33-24-13-19(11-12-23(24)34-16-20-21(28)5-4-6-22(20)29)14-25-26(31)30(27(32)35-25)15-18-9-7-17(2)8-10-18/h4-14H,3,15-16H2,1-2H3/b25-14-. The smallest absolute Gasteiger partial charge is 0.293 e. The summed E-state index contributed by atoms with van der Waals surface area (Å²) in [5, 5.41) is -0.0329. The van der Waals surface area contributed by atoms with E-state index >= 15 is 0 Å². The number of carbonyl (C=O) groups excluding carboxylic acids is 2. The topological polar surface area (TPSA) is 55.8 Å². The minimum atomic E-state index is -0.451. The summed E-state index contributed by atoms with van der Waals surface area (Å²) < 4.78 is 25.6. The van der Waals surface area contributed by atoms with E-state index in [2.05, 4.69) is 0 Å². The first-order valence-electron chi connectivity index (χ1n) is 11.0. The Morgan fingerprint density at radius 1 is 1.03 bits per heavy atom. The van der Waals surface area contributed by atoms with Crippen LogP contribution in [0.3, 0.4) is 0 Å². The number of thioether (sulfide) groups is 1. The molecule has 0 bridgehead atoms. The van der Waals surface area contributed by atoms with Crippen LogP contribution in [0.1, 0.15) is 29.2 Å². The van der Waals surface area contributed by atoms with Crippen molar-refractivity contribution in [2.24, 2.45) is 0 Å². The minimum Gasteiger partial charge on any atom is -0.490 e. The SMILES string of the molecule is CCOc1cc(/C=C2\SC(=O)N(Cc3ccc(C)cc3)C2=O)ccc1OCc1c(F)cccc1Cl. The van der Waals surface area contributed by atoms with Crippen LogP contribution in [0.25, 0.3) is 6.08 Å². The second-order valence-corrected chi connectivity index (χ2v) is 9.28. The van der Waals surface area contributed by atoms with Gasteiger partial charge in [0.1, 0.15) is 12.4 Å². The summed E-state index contributed by atoms with van der Waals surface area (Å²) in [6, 6.07) is 17.3. The summed E-state index contributed by atoms with van der Waals surface area (Å²) in [5.74, 6) is 0.0601. The van der Waals surface area contributed by atoms with E-state index in [1.165, 1.54) is 17.0 Å². The fourth-order valence-corrected chi connectivity index (χ4v) is 4.54. The predicted molar refractivity (Wildman–Crippen MR) is 136 cm³/mol. The van der Waals surface area contributed by atoms with Crippen molar-refractivity contribution in [2.45, 2.75) is 27.0 Å². The molecule has 180 valence electrons. The highest BCUT2D eigenvalue weighted by molar-refractivity contribution is 8.18. The van der Waals surface area contributed by atoms with Gasteiger partial charge in [-0.2, -0.15) is 0 Å². The van der Waals surface area contributed by atoms with Gasteiger partial charge in [-0.25, -0.2) is 4.39 Å². The number of amides is 2. The molecule has 1 heterocycles. The molecular weight excluding hydrogens is 489 g/mol. The van der Waals surface area contributed by atoms with Crippen molar-refractivity contribution in [2.75, 3.05) is 6.61 Å². The number of ether oxygens (including phenoxy) is 2. The molecule has 0 radical (unpaired) electrons. The second-order valence-electron chi connectivity index (χ2n) is 7.88. The van der Waals surface area contributed by atoms with Gasteiger partial charge in [0.25, 0.3) is 11.1 Å². The Hall–Kier alpha value is -3.29. The average Bonchev–Trinajstić information content (AvgIpc) is 3.08. The molecule has 0 N–H and O–H groups in total. The molecule has 1 aliphatic heterocycles. The number of nitrogens with zero attached hydrogens (tertiary/aromatic N) is 1. The first-order chi connectivity index (χ1) is 16.9. The molecule has 0 saturated carbocycles. The van der Waals surface area contributed by atoms with Gasteiger partial charge < -0.3 is 9.47 Å². The van der Waals surface area contributed by atoms with Crippen molar-refractivity contribution in [3.8, 4) is 11.5 Å². The molecule has 1 fully saturated rings. The number of halogens is 2. The molecular formula is C27H23ClFNO4S. The van der Waals surface area contributed by atoms with Crippen molar-refractivity contribution in [1.82, 2.24) is 4.90 Å². The lowest BCUT2D eigenvalue weighted by atomic mass is 10.1. The summed E-state index contributed by atoms with van der Waals surface area (Å²) in [5.41, 5.74) is 2.92. The summed E-state index contributed by atoms with van der Waals surface area (Å²) >= 11 is 6.99.